The molecule has 6 nitrogen and oxygen atoms in total. The first-order valence-corrected chi connectivity index (χ1v) is 9.64. The number of fused-ring (bicyclic) bond motifs is 3. The number of rotatable bonds is 3. The summed E-state index contributed by atoms with van der Waals surface area (Å²) in [5.74, 6) is 0.566. The number of hydrogen-bond donors (Lipinski definition) is 0. The Kier molecular flexibility index (Phi) is 4.14. The lowest BCUT2D eigenvalue weighted by Crippen LogP contribution is -2.19. The summed E-state index contributed by atoms with van der Waals surface area (Å²) in [6.07, 6.45) is 5.75. The van der Waals surface area contributed by atoms with Crippen molar-refractivity contribution in [3.63, 3.8) is 0 Å². The molecule has 4 aromatic heterocycles. The maximum Gasteiger partial charge on any atom is 0.267 e. The van der Waals surface area contributed by atoms with Crippen molar-refractivity contribution in [2.75, 3.05) is 0 Å². The lowest BCUT2D eigenvalue weighted by Gasteiger charge is -2.07. The Morgan fingerprint density at radius 2 is 1.86 bits per heavy atom. The van der Waals surface area contributed by atoms with Gasteiger partial charge < -0.3 is 0 Å². The molecule has 0 atom stereocenters. The predicted octanol–water partition coefficient (Wildman–Crippen LogP) is 4.31. The highest BCUT2D eigenvalue weighted by atomic mass is 35.5. The molecular formula is C22H16ClN5O. The fourth-order valence-electron chi connectivity index (χ4n) is 3.55. The van der Waals surface area contributed by atoms with Gasteiger partial charge in [0.2, 0.25) is 0 Å². The van der Waals surface area contributed by atoms with Gasteiger partial charge in [-0.3, -0.25) is 9.36 Å². The summed E-state index contributed by atoms with van der Waals surface area (Å²) < 4.78 is 3.27. The summed E-state index contributed by atoms with van der Waals surface area (Å²) in [5, 5.41) is 5.92. The molecule has 0 aliphatic carbocycles. The Bertz CT molecular complexity index is 1410. The zero-order valence-electron chi connectivity index (χ0n) is 15.6. The van der Waals surface area contributed by atoms with Gasteiger partial charge in [-0.15, -0.1) is 0 Å². The first kappa shape index (κ1) is 17.6. The van der Waals surface area contributed by atoms with E-state index in [-0.39, 0.29) is 5.56 Å². The number of nitrogens with zero attached hydrogens (tertiary/aromatic N) is 5. The Morgan fingerprint density at radius 3 is 2.59 bits per heavy atom. The van der Waals surface area contributed by atoms with Gasteiger partial charge >= 0.3 is 0 Å². The van der Waals surface area contributed by atoms with Gasteiger partial charge in [-0.05, 0) is 42.3 Å². The van der Waals surface area contributed by atoms with Gasteiger partial charge in [0.15, 0.2) is 5.65 Å². The number of hydrogen-bond acceptors (Lipinski definition) is 4. The number of aromatic nitrogens is 5. The van der Waals surface area contributed by atoms with Crippen molar-refractivity contribution in [3.05, 3.63) is 88.2 Å². The van der Waals surface area contributed by atoms with E-state index < -0.39 is 0 Å². The predicted molar refractivity (Wildman–Crippen MR) is 114 cm³/mol. The van der Waals surface area contributed by atoms with Crippen LogP contribution in [0, 0.1) is 0 Å². The minimum atomic E-state index is -0.183. The summed E-state index contributed by atoms with van der Waals surface area (Å²) in [4.78, 5) is 21.9. The molecule has 7 heteroatoms. The van der Waals surface area contributed by atoms with Crippen molar-refractivity contribution in [2.45, 2.75) is 13.3 Å². The molecule has 0 amide bonds. The molecule has 0 unspecified atom stereocenters. The van der Waals surface area contributed by atoms with Gasteiger partial charge in [0.1, 0.15) is 5.82 Å². The molecule has 4 heterocycles. The Hall–Kier alpha value is -3.51. The Balaban J connectivity index is 1.79. The first-order chi connectivity index (χ1) is 14.2. The fraction of sp³-hybridized carbons (Fsp3) is 0.0909. The monoisotopic (exact) mass is 401 g/mol. The SMILES string of the molecule is CCc1nn2c(ncc3c(=O)n(-c4ccccn4)ccc32)c1-c1ccc(Cl)cc1. The summed E-state index contributed by atoms with van der Waals surface area (Å²) in [5.41, 5.74) is 4.11. The largest absolute Gasteiger partial charge is 0.268 e. The third kappa shape index (κ3) is 2.80. The summed E-state index contributed by atoms with van der Waals surface area (Å²) >= 11 is 6.05. The summed E-state index contributed by atoms with van der Waals surface area (Å²) in [6.45, 7) is 2.05. The van der Waals surface area contributed by atoms with E-state index in [0.29, 0.717) is 27.4 Å². The highest BCUT2D eigenvalue weighted by molar-refractivity contribution is 6.30. The molecule has 142 valence electrons. The van der Waals surface area contributed by atoms with Crippen LogP contribution in [-0.4, -0.2) is 24.1 Å². The molecule has 0 bridgehead atoms. The van der Waals surface area contributed by atoms with E-state index >= 15 is 0 Å². The minimum Gasteiger partial charge on any atom is -0.268 e. The molecule has 5 aromatic rings. The molecule has 5 rings (SSSR count). The average molecular weight is 402 g/mol. The second-order valence-electron chi connectivity index (χ2n) is 6.65. The molecule has 0 radical (unpaired) electrons. The molecule has 0 spiro atoms. The van der Waals surface area contributed by atoms with Crippen molar-refractivity contribution >= 4 is 28.2 Å². The molecule has 0 fully saturated rings. The highest BCUT2D eigenvalue weighted by Crippen LogP contribution is 2.30. The van der Waals surface area contributed by atoms with Gasteiger partial charge in [0.25, 0.3) is 5.56 Å². The van der Waals surface area contributed by atoms with Gasteiger partial charge in [-0.25, -0.2) is 14.5 Å². The van der Waals surface area contributed by atoms with Crippen LogP contribution in [0.2, 0.25) is 5.02 Å². The van der Waals surface area contributed by atoms with Crippen LogP contribution >= 0.6 is 11.6 Å². The fourth-order valence-corrected chi connectivity index (χ4v) is 3.68. The van der Waals surface area contributed by atoms with E-state index in [9.17, 15) is 4.79 Å². The van der Waals surface area contributed by atoms with Gasteiger partial charge in [-0.1, -0.05) is 36.7 Å². The van der Waals surface area contributed by atoms with Gasteiger partial charge in [0, 0.05) is 29.2 Å². The van der Waals surface area contributed by atoms with Crippen LogP contribution in [0.4, 0.5) is 0 Å². The van der Waals surface area contributed by atoms with Crippen molar-refractivity contribution in [2.24, 2.45) is 0 Å². The number of halogens is 1. The summed E-state index contributed by atoms with van der Waals surface area (Å²) in [6, 6.07) is 15.0. The molecule has 0 saturated heterocycles. The molecule has 0 N–H and O–H groups in total. The van der Waals surface area contributed by atoms with E-state index in [1.165, 1.54) is 4.57 Å². The maximum absolute atomic E-state index is 13.1. The molecule has 29 heavy (non-hydrogen) atoms. The van der Waals surface area contributed by atoms with Crippen LogP contribution in [0.1, 0.15) is 12.6 Å². The van der Waals surface area contributed by atoms with E-state index in [4.69, 9.17) is 16.7 Å². The third-order valence-electron chi connectivity index (χ3n) is 4.95. The first-order valence-electron chi connectivity index (χ1n) is 9.26. The lowest BCUT2D eigenvalue weighted by atomic mass is 10.0. The molecule has 0 aliphatic rings. The second-order valence-corrected chi connectivity index (χ2v) is 7.09. The zero-order chi connectivity index (χ0) is 20.0. The Labute approximate surface area is 171 Å². The van der Waals surface area contributed by atoms with Gasteiger partial charge in [0.05, 0.1) is 16.6 Å². The number of pyridine rings is 2. The van der Waals surface area contributed by atoms with Crippen molar-refractivity contribution < 1.29 is 0 Å². The number of aryl methyl sites for hydroxylation is 1. The van der Waals surface area contributed by atoms with Crippen molar-refractivity contribution in [1.29, 1.82) is 0 Å². The Morgan fingerprint density at radius 1 is 1.03 bits per heavy atom. The van der Waals surface area contributed by atoms with E-state index in [2.05, 4.69) is 16.9 Å². The third-order valence-corrected chi connectivity index (χ3v) is 5.20. The van der Waals surface area contributed by atoms with Crippen LogP contribution in [-0.2, 0) is 6.42 Å². The molecule has 1 aromatic carbocycles. The van der Waals surface area contributed by atoms with Crippen LogP contribution in [0.15, 0.2) is 71.9 Å². The number of benzene rings is 1. The second kappa shape index (κ2) is 6.83. The average Bonchev–Trinajstić information content (AvgIpc) is 3.14. The highest BCUT2D eigenvalue weighted by Gasteiger charge is 2.18. The van der Waals surface area contributed by atoms with E-state index in [1.54, 1.807) is 29.2 Å². The standard InChI is InChI=1S/C22H16ClN5O/c1-2-17-20(14-6-8-15(23)9-7-14)21-25-13-16-18(28(21)26-17)10-12-27(22(16)29)19-5-3-4-11-24-19/h3-13H,2H2,1H3. The zero-order valence-corrected chi connectivity index (χ0v) is 16.3. The molecular weight excluding hydrogens is 386 g/mol. The topological polar surface area (TPSA) is 65.1 Å². The molecule has 0 aliphatic heterocycles. The minimum absolute atomic E-state index is 0.183. The van der Waals surface area contributed by atoms with Crippen LogP contribution in [0.25, 0.3) is 33.5 Å². The van der Waals surface area contributed by atoms with Crippen molar-refractivity contribution in [3.8, 4) is 16.9 Å². The van der Waals surface area contributed by atoms with E-state index in [0.717, 1.165) is 23.2 Å². The summed E-state index contributed by atoms with van der Waals surface area (Å²) in [7, 11) is 0. The van der Waals surface area contributed by atoms with Crippen LogP contribution in [0.5, 0.6) is 0 Å². The lowest BCUT2D eigenvalue weighted by molar-refractivity contribution is 0.904. The van der Waals surface area contributed by atoms with E-state index in [1.807, 2.05) is 42.5 Å². The maximum atomic E-state index is 13.1. The quantitative estimate of drug-likeness (QED) is 0.452. The van der Waals surface area contributed by atoms with Crippen LogP contribution < -0.4 is 5.56 Å². The van der Waals surface area contributed by atoms with Crippen molar-refractivity contribution in [1.82, 2.24) is 24.1 Å². The smallest absolute Gasteiger partial charge is 0.267 e. The molecule has 0 saturated carbocycles. The van der Waals surface area contributed by atoms with Crippen LogP contribution in [0.3, 0.4) is 0 Å². The normalized spacial score (nSPS) is 11.4. The van der Waals surface area contributed by atoms with Gasteiger partial charge in [-0.2, -0.15) is 5.10 Å².